The zero-order valence-electron chi connectivity index (χ0n) is 14.5. The fourth-order valence-electron chi connectivity index (χ4n) is 3.08. The lowest BCUT2D eigenvalue weighted by atomic mass is 10.2. The maximum Gasteiger partial charge on any atom is 0.254 e. The predicted molar refractivity (Wildman–Crippen MR) is 98.6 cm³/mol. The van der Waals surface area contributed by atoms with E-state index < -0.39 is 0 Å². The highest BCUT2D eigenvalue weighted by molar-refractivity contribution is 5.93. The highest BCUT2D eigenvalue weighted by atomic mass is 16.3. The van der Waals surface area contributed by atoms with Crippen LogP contribution in [-0.2, 0) is 6.54 Å². The average molecular weight is 342 g/mol. The number of nitrogens with two attached hydrogens (primary N) is 1. The summed E-state index contributed by atoms with van der Waals surface area (Å²) in [7, 11) is 0. The van der Waals surface area contributed by atoms with Crippen LogP contribution in [0.5, 0.6) is 0 Å². The van der Waals surface area contributed by atoms with Gasteiger partial charge in [0.05, 0.1) is 12.1 Å². The number of amides is 1. The number of hydrogen-bond donors (Lipinski definition) is 2. The van der Waals surface area contributed by atoms with Crippen LogP contribution in [0.15, 0.2) is 47.1 Å². The van der Waals surface area contributed by atoms with Crippen molar-refractivity contribution in [1.82, 2.24) is 10.2 Å². The van der Waals surface area contributed by atoms with E-state index in [0.717, 1.165) is 39.1 Å². The molecule has 1 fully saturated rings. The van der Waals surface area contributed by atoms with Crippen molar-refractivity contribution in [1.29, 1.82) is 0 Å². The van der Waals surface area contributed by atoms with Gasteiger partial charge < -0.3 is 20.4 Å². The molecule has 1 aromatic heterocycles. The van der Waals surface area contributed by atoms with Gasteiger partial charge in [-0.15, -0.1) is 0 Å². The molecule has 1 aliphatic rings. The third-order valence-electron chi connectivity index (χ3n) is 4.55. The molecule has 0 atom stereocenters. The van der Waals surface area contributed by atoms with Gasteiger partial charge in [-0.05, 0) is 31.2 Å². The van der Waals surface area contributed by atoms with Gasteiger partial charge in [-0.2, -0.15) is 0 Å². The number of piperazine rings is 1. The molecule has 0 aliphatic carbocycles. The van der Waals surface area contributed by atoms with Crippen LogP contribution in [0.3, 0.4) is 0 Å². The number of carbonyl (C=O) groups excluding carboxylic acids is 1. The minimum atomic E-state index is -0.0997. The minimum absolute atomic E-state index is 0.0997. The molecular weight excluding hydrogens is 316 g/mol. The fourth-order valence-corrected chi connectivity index (χ4v) is 3.08. The summed E-state index contributed by atoms with van der Waals surface area (Å²) < 4.78 is 5.18. The van der Waals surface area contributed by atoms with E-state index in [2.05, 4.69) is 45.4 Å². The molecule has 1 aromatic carbocycles. The fraction of sp³-hybridized carbons (Fsp3) is 0.421. The first-order chi connectivity index (χ1) is 12.3. The van der Waals surface area contributed by atoms with Gasteiger partial charge in [0.15, 0.2) is 0 Å². The van der Waals surface area contributed by atoms with Gasteiger partial charge >= 0.3 is 0 Å². The third kappa shape index (κ3) is 4.84. The van der Waals surface area contributed by atoms with E-state index >= 15 is 0 Å². The van der Waals surface area contributed by atoms with Crippen molar-refractivity contribution in [3.8, 4) is 0 Å². The van der Waals surface area contributed by atoms with Crippen LogP contribution < -0.4 is 16.0 Å². The molecule has 1 saturated heterocycles. The molecule has 1 amide bonds. The normalized spacial score (nSPS) is 15.3. The SMILES string of the molecule is NCc1cc(C(=O)NCCCN2CCN(c3ccccc3)CC2)co1. The highest BCUT2D eigenvalue weighted by Crippen LogP contribution is 2.15. The van der Waals surface area contributed by atoms with Crippen molar-refractivity contribution >= 4 is 11.6 Å². The van der Waals surface area contributed by atoms with E-state index in [-0.39, 0.29) is 5.91 Å². The van der Waals surface area contributed by atoms with Gasteiger partial charge in [-0.1, -0.05) is 18.2 Å². The molecule has 0 unspecified atom stereocenters. The molecule has 2 heterocycles. The first-order valence-electron chi connectivity index (χ1n) is 8.84. The summed E-state index contributed by atoms with van der Waals surface area (Å²) in [5.74, 6) is 0.527. The van der Waals surface area contributed by atoms with E-state index in [4.69, 9.17) is 10.2 Å². The van der Waals surface area contributed by atoms with E-state index in [1.807, 2.05) is 0 Å². The van der Waals surface area contributed by atoms with Crippen LogP contribution >= 0.6 is 0 Å². The maximum absolute atomic E-state index is 12.0. The van der Waals surface area contributed by atoms with E-state index in [0.29, 0.717) is 24.4 Å². The lowest BCUT2D eigenvalue weighted by molar-refractivity contribution is 0.0951. The Morgan fingerprint density at radius 3 is 2.60 bits per heavy atom. The van der Waals surface area contributed by atoms with Crippen molar-refractivity contribution in [2.24, 2.45) is 5.73 Å². The van der Waals surface area contributed by atoms with Crippen LogP contribution in [0.2, 0.25) is 0 Å². The topological polar surface area (TPSA) is 74.7 Å². The smallest absolute Gasteiger partial charge is 0.254 e. The summed E-state index contributed by atoms with van der Waals surface area (Å²) in [6.07, 6.45) is 2.40. The lowest BCUT2D eigenvalue weighted by Gasteiger charge is -2.36. The van der Waals surface area contributed by atoms with Gasteiger partial charge in [-0.3, -0.25) is 9.69 Å². The first-order valence-corrected chi connectivity index (χ1v) is 8.84. The Balaban J connectivity index is 1.33. The van der Waals surface area contributed by atoms with Crippen molar-refractivity contribution in [2.45, 2.75) is 13.0 Å². The van der Waals surface area contributed by atoms with Gasteiger partial charge in [0.1, 0.15) is 12.0 Å². The molecule has 6 heteroatoms. The van der Waals surface area contributed by atoms with Gasteiger partial charge in [0.2, 0.25) is 0 Å². The van der Waals surface area contributed by atoms with Crippen LogP contribution in [-0.4, -0.2) is 50.1 Å². The average Bonchev–Trinajstić information content (AvgIpc) is 3.16. The maximum atomic E-state index is 12.0. The summed E-state index contributed by atoms with van der Waals surface area (Å²) in [6.45, 7) is 6.20. The standard InChI is InChI=1S/C19H26N4O2/c20-14-18-13-16(15-25-18)19(24)21-7-4-8-22-9-11-23(12-10-22)17-5-2-1-3-6-17/h1-3,5-6,13,15H,4,7-12,14,20H2,(H,21,24). The summed E-state index contributed by atoms with van der Waals surface area (Å²) in [5, 5.41) is 2.93. The second kappa shape index (κ2) is 8.69. The van der Waals surface area contributed by atoms with Crippen LogP contribution in [0, 0.1) is 0 Å². The number of nitrogens with one attached hydrogen (secondary N) is 1. The molecule has 0 spiro atoms. The molecule has 6 nitrogen and oxygen atoms in total. The molecule has 0 radical (unpaired) electrons. The zero-order valence-corrected chi connectivity index (χ0v) is 14.5. The molecule has 2 aromatic rings. The Hall–Kier alpha value is -2.31. The number of benzene rings is 1. The largest absolute Gasteiger partial charge is 0.467 e. The number of para-hydroxylation sites is 1. The number of furan rings is 1. The monoisotopic (exact) mass is 342 g/mol. The Morgan fingerprint density at radius 2 is 1.92 bits per heavy atom. The Labute approximate surface area is 148 Å². The number of anilines is 1. The first kappa shape index (κ1) is 17.5. The lowest BCUT2D eigenvalue weighted by Crippen LogP contribution is -2.47. The Bertz CT molecular complexity index is 663. The number of nitrogens with zero attached hydrogens (tertiary/aromatic N) is 2. The molecule has 0 bridgehead atoms. The van der Waals surface area contributed by atoms with Crippen LogP contribution in [0.25, 0.3) is 0 Å². The third-order valence-corrected chi connectivity index (χ3v) is 4.55. The molecule has 3 N–H and O–H groups in total. The summed E-state index contributed by atoms with van der Waals surface area (Å²) in [6, 6.07) is 12.2. The second-order valence-electron chi connectivity index (χ2n) is 6.28. The number of hydrogen-bond acceptors (Lipinski definition) is 5. The van der Waals surface area contributed by atoms with Gasteiger partial charge in [0, 0.05) is 38.4 Å². The number of rotatable bonds is 7. The van der Waals surface area contributed by atoms with Crippen molar-refractivity contribution < 1.29 is 9.21 Å². The van der Waals surface area contributed by atoms with E-state index in [9.17, 15) is 4.79 Å². The Kier molecular flexibility index (Phi) is 6.09. The minimum Gasteiger partial charge on any atom is -0.467 e. The van der Waals surface area contributed by atoms with Crippen LogP contribution in [0.4, 0.5) is 5.69 Å². The Morgan fingerprint density at radius 1 is 1.16 bits per heavy atom. The van der Waals surface area contributed by atoms with Crippen molar-refractivity contribution in [3.63, 3.8) is 0 Å². The van der Waals surface area contributed by atoms with Crippen molar-refractivity contribution in [2.75, 3.05) is 44.2 Å². The molecular formula is C19H26N4O2. The van der Waals surface area contributed by atoms with Crippen LogP contribution in [0.1, 0.15) is 22.5 Å². The molecule has 1 aliphatic heterocycles. The summed E-state index contributed by atoms with van der Waals surface area (Å²) >= 11 is 0. The van der Waals surface area contributed by atoms with Gasteiger partial charge in [0.25, 0.3) is 5.91 Å². The quantitative estimate of drug-likeness (QED) is 0.749. The predicted octanol–water partition coefficient (Wildman–Crippen LogP) is 1.68. The van der Waals surface area contributed by atoms with Gasteiger partial charge in [-0.25, -0.2) is 0 Å². The van der Waals surface area contributed by atoms with E-state index in [1.165, 1.54) is 12.0 Å². The zero-order chi connectivity index (χ0) is 17.5. The van der Waals surface area contributed by atoms with Crippen molar-refractivity contribution in [3.05, 3.63) is 54.0 Å². The molecule has 0 saturated carbocycles. The molecule has 25 heavy (non-hydrogen) atoms. The highest BCUT2D eigenvalue weighted by Gasteiger charge is 2.16. The summed E-state index contributed by atoms with van der Waals surface area (Å²) in [4.78, 5) is 16.9. The van der Waals surface area contributed by atoms with E-state index in [1.54, 1.807) is 6.07 Å². The second-order valence-corrected chi connectivity index (χ2v) is 6.28. The molecule has 134 valence electrons. The molecule has 3 rings (SSSR count). The number of carbonyl (C=O) groups is 1. The summed E-state index contributed by atoms with van der Waals surface area (Å²) in [5.41, 5.74) is 7.32.